The Balaban J connectivity index is 1.95. The van der Waals surface area contributed by atoms with E-state index in [4.69, 9.17) is 4.74 Å². The van der Waals surface area contributed by atoms with Gasteiger partial charge < -0.3 is 9.84 Å². The average Bonchev–Trinajstić information content (AvgIpc) is 2.59. The van der Waals surface area contributed by atoms with E-state index in [1.165, 1.54) is 6.42 Å². The van der Waals surface area contributed by atoms with Gasteiger partial charge in [-0.15, -0.1) is 5.92 Å². The summed E-state index contributed by atoms with van der Waals surface area (Å²) in [7, 11) is 1.78. The van der Waals surface area contributed by atoms with Crippen LogP contribution in [0.25, 0.3) is 0 Å². The molecule has 2 nitrogen and oxygen atoms in total. The molecule has 130 valence electrons. The summed E-state index contributed by atoms with van der Waals surface area (Å²) in [6.45, 7) is 3.94. The molecule has 3 rings (SSSR count). The molecule has 0 amide bonds. The summed E-state index contributed by atoms with van der Waals surface area (Å²) in [4.78, 5) is 0. The van der Waals surface area contributed by atoms with Gasteiger partial charge in [-0.25, -0.2) is 0 Å². The second-order valence-electron chi connectivity index (χ2n) is 7.61. The van der Waals surface area contributed by atoms with Crippen molar-refractivity contribution in [1.29, 1.82) is 0 Å². The van der Waals surface area contributed by atoms with Crippen molar-refractivity contribution in [3.8, 4) is 11.8 Å². The third-order valence-electron chi connectivity index (χ3n) is 6.43. The van der Waals surface area contributed by atoms with Crippen molar-refractivity contribution in [3.05, 3.63) is 35.1 Å². The van der Waals surface area contributed by atoms with Crippen LogP contribution in [0.15, 0.2) is 35.1 Å². The fourth-order valence-electron chi connectivity index (χ4n) is 5.23. The van der Waals surface area contributed by atoms with Crippen molar-refractivity contribution in [2.24, 2.45) is 11.3 Å². The standard InChI is InChI=1S/C22H30O2/c1-4-6-12-22-14-13-21(23,11-5-2)16-18(22)8-7-17-15-19(24-3)9-10-20(17)22/h4,6,9,18,23H,7-8,10,12-16H2,1-3H3/t18-,21-,22-/m1/s1. The average molecular weight is 326 g/mol. The van der Waals surface area contributed by atoms with Crippen molar-refractivity contribution >= 4 is 0 Å². The first-order valence-corrected chi connectivity index (χ1v) is 9.29. The van der Waals surface area contributed by atoms with E-state index in [1.54, 1.807) is 18.3 Å². The van der Waals surface area contributed by atoms with Gasteiger partial charge in [0.1, 0.15) is 5.60 Å². The lowest BCUT2D eigenvalue weighted by Crippen LogP contribution is -2.47. The van der Waals surface area contributed by atoms with Crippen molar-refractivity contribution in [2.45, 2.75) is 70.8 Å². The molecule has 0 saturated heterocycles. The molecule has 0 aromatic carbocycles. The Morgan fingerprint density at radius 3 is 2.96 bits per heavy atom. The van der Waals surface area contributed by atoms with Crippen LogP contribution >= 0.6 is 0 Å². The predicted molar refractivity (Wildman–Crippen MR) is 98.2 cm³/mol. The molecule has 24 heavy (non-hydrogen) atoms. The Labute approximate surface area is 146 Å². The summed E-state index contributed by atoms with van der Waals surface area (Å²) >= 11 is 0. The van der Waals surface area contributed by atoms with E-state index in [-0.39, 0.29) is 5.41 Å². The van der Waals surface area contributed by atoms with E-state index < -0.39 is 5.60 Å². The summed E-state index contributed by atoms with van der Waals surface area (Å²) < 4.78 is 5.51. The molecule has 0 aliphatic heterocycles. The molecule has 0 bridgehead atoms. The van der Waals surface area contributed by atoms with Crippen LogP contribution in [0.3, 0.4) is 0 Å². The number of methoxy groups -OCH3 is 1. The highest BCUT2D eigenvalue weighted by molar-refractivity contribution is 5.37. The molecular formula is C22H30O2. The highest BCUT2D eigenvalue weighted by Crippen LogP contribution is 2.59. The van der Waals surface area contributed by atoms with E-state index in [0.717, 1.165) is 50.7 Å². The number of allylic oxidation sites excluding steroid dienone is 5. The molecule has 0 unspecified atom stereocenters. The Kier molecular flexibility index (Phi) is 4.92. The smallest absolute Gasteiger partial charge is 0.125 e. The Morgan fingerprint density at radius 2 is 2.25 bits per heavy atom. The molecule has 3 aliphatic rings. The molecule has 1 saturated carbocycles. The van der Waals surface area contributed by atoms with Crippen molar-refractivity contribution in [1.82, 2.24) is 0 Å². The minimum absolute atomic E-state index is 0.220. The van der Waals surface area contributed by atoms with Gasteiger partial charge in [0.05, 0.1) is 12.9 Å². The van der Waals surface area contributed by atoms with Crippen LogP contribution in [-0.2, 0) is 4.74 Å². The van der Waals surface area contributed by atoms with E-state index in [1.807, 2.05) is 6.92 Å². The molecular weight excluding hydrogens is 296 g/mol. The van der Waals surface area contributed by atoms with Crippen LogP contribution in [0, 0.1) is 23.2 Å². The van der Waals surface area contributed by atoms with Gasteiger partial charge in [0, 0.05) is 6.42 Å². The Morgan fingerprint density at radius 1 is 1.42 bits per heavy atom. The topological polar surface area (TPSA) is 29.5 Å². The lowest BCUT2D eigenvalue weighted by atomic mass is 9.52. The second-order valence-corrected chi connectivity index (χ2v) is 7.61. The molecule has 2 heteroatoms. The number of rotatable bonds is 3. The van der Waals surface area contributed by atoms with Gasteiger partial charge in [-0.2, -0.15) is 0 Å². The van der Waals surface area contributed by atoms with Crippen LogP contribution in [0.2, 0.25) is 0 Å². The van der Waals surface area contributed by atoms with E-state index in [9.17, 15) is 5.11 Å². The van der Waals surface area contributed by atoms with Gasteiger partial charge in [-0.05, 0) is 76.2 Å². The minimum atomic E-state index is -0.779. The van der Waals surface area contributed by atoms with Crippen LogP contribution in [0.5, 0.6) is 0 Å². The molecule has 0 spiro atoms. The van der Waals surface area contributed by atoms with Crippen LogP contribution < -0.4 is 0 Å². The first-order valence-electron chi connectivity index (χ1n) is 9.29. The highest BCUT2D eigenvalue weighted by atomic mass is 16.5. The summed E-state index contributed by atoms with van der Waals surface area (Å²) in [5, 5.41) is 10.9. The third kappa shape index (κ3) is 2.95. The maximum absolute atomic E-state index is 10.9. The van der Waals surface area contributed by atoms with Gasteiger partial charge in [0.25, 0.3) is 0 Å². The number of aliphatic hydroxyl groups is 1. The highest BCUT2D eigenvalue weighted by Gasteiger charge is 2.51. The van der Waals surface area contributed by atoms with E-state index >= 15 is 0 Å². The summed E-state index contributed by atoms with van der Waals surface area (Å²) in [5.41, 5.74) is 2.68. The summed E-state index contributed by atoms with van der Waals surface area (Å²) in [6.07, 6.45) is 14.8. The molecule has 1 N–H and O–H groups in total. The predicted octanol–water partition coefficient (Wildman–Crippen LogP) is 4.91. The zero-order valence-corrected chi connectivity index (χ0v) is 15.3. The minimum Gasteiger partial charge on any atom is -0.501 e. The second kappa shape index (κ2) is 6.81. The lowest BCUT2D eigenvalue weighted by Gasteiger charge is -2.53. The number of hydrogen-bond donors (Lipinski definition) is 1. The monoisotopic (exact) mass is 326 g/mol. The normalized spacial score (nSPS) is 35.7. The largest absolute Gasteiger partial charge is 0.501 e. The number of hydrogen-bond acceptors (Lipinski definition) is 2. The molecule has 0 radical (unpaired) electrons. The summed E-state index contributed by atoms with van der Waals surface area (Å²) in [5.74, 6) is 7.70. The van der Waals surface area contributed by atoms with Crippen molar-refractivity contribution < 1.29 is 9.84 Å². The van der Waals surface area contributed by atoms with Crippen LogP contribution in [0.1, 0.15) is 65.2 Å². The molecule has 3 aliphatic carbocycles. The zero-order chi connectivity index (χ0) is 17.2. The fraction of sp³-hybridized carbons (Fsp3) is 0.636. The van der Waals surface area contributed by atoms with E-state index in [0.29, 0.717) is 5.92 Å². The zero-order valence-electron chi connectivity index (χ0n) is 15.3. The molecule has 0 aromatic heterocycles. The van der Waals surface area contributed by atoms with Gasteiger partial charge in [-0.1, -0.05) is 29.2 Å². The molecule has 1 fully saturated rings. The number of fused-ring (bicyclic) bond motifs is 2. The molecule has 0 heterocycles. The van der Waals surface area contributed by atoms with Crippen LogP contribution in [0.4, 0.5) is 0 Å². The van der Waals surface area contributed by atoms with Gasteiger partial charge in [0.15, 0.2) is 0 Å². The number of ether oxygens (including phenoxy) is 1. The van der Waals surface area contributed by atoms with Gasteiger partial charge in [-0.3, -0.25) is 0 Å². The SMILES string of the molecule is CC#C[C@@]1(O)CC[C@@]2(CC=CC)C3=C(CC[C@@H]2C1)CC(OC)=CC3. The molecule has 3 atom stereocenters. The van der Waals surface area contributed by atoms with Crippen molar-refractivity contribution in [3.63, 3.8) is 0 Å². The maximum atomic E-state index is 10.9. The Bertz CT molecular complexity index is 643. The third-order valence-corrected chi connectivity index (χ3v) is 6.43. The van der Waals surface area contributed by atoms with Crippen molar-refractivity contribution in [2.75, 3.05) is 7.11 Å². The summed E-state index contributed by atoms with van der Waals surface area (Å²) in [6, 6.07) is 0. The lowest BCUT2D eigenvalue weighted by molar-refractivity contribution is -0.0253. The van der Waals surface area contributed by atoms with E-state index in [2.05, 4.69) is 37.0 Å². The first kappa shape index (κ1) is 17.4. The quantitative estimate of drug-likeness (QED) is 0.590. The van der Waals surface area contributed by atoms with Gasteiger partial charge in [0.2, 0.25) is 0 Å². The fourth-order valence-corrected chi connectivity index (χ4v) is 5.23. The first-order chi connectivity index (χ1) is 11.6. The molecule has 0 aromatic rings. The Hall–Kier alpha value is -1.46. The van der Waals surface area contributed by atoms with Crippen LogP contribution in [-0.4, -0.2) is 17.8 Å². The maximum Gasteiger partial charge on any atom is 0.125 e. The van der Waals surface area contributed by atoms with Gasteiger partial charge >= 0.3 is 0 Å².